The average molecular weight is 783 g/mol. The number of rotatable bonds is 11. The first kappa shape index (κ1) is 37.4. The van der Waals surface area contributed by atoms with Gasteiger partial charge in [0.25, 0.3) is 0 Å². The van der Waals surface area contributed by atoms with Gasteiger partial charge in [0.2, 0.25) is 5.91 Å². The molecular formula is C46H43ClN4O4S. The summed E-state index contributed by atoms with van der Waals surface area (Å²) in [5.41, 5.74) is 9.01. The van der Waals surface area contributed by atoms with Gasteiger partial charge in [0.15, 0.2) is 0 Å². The molecule has 1 amide bonds. The smallest absolute Gasteiger partial charge is 0.345 e. The molecule has 0 bridgehead atoms. The van der Waals surface area contributed by atoms with E-state index in [4.69, 9.17) is 21.3 Å². The van der Waals surface area contributed by atoms with Crippen LogP contribution in [0.4, 0.5) is 0 Å². The summed E-state index contributed by atoms with van der Waals surface area (Å²) < 4.78 is 8.50. The molecule has 8 nitrogen and oxygen atoms in total. The van der Waals surface area contributed by atoms with Crippen molar-refractivity contribution >= 4 is 55.9 Å². The highest BCUT2D eigenvalue weighted by atomic mass is 35.5. The van der Waals surface area contributed by atoms with Crippen LogP contribution in [0, 0.1) is 0 Å². The molecule has 284 valence electrons. The van der Waals surface area contributed by atoms with Crippen molar-refractivity contribution in [2.75, 3.05) is 33.3 Å². The highest BCUT2D eigenvalue weighted by Gasteiger charge is 2.29. The van der Waals surface area contributed by atoms with E-state index in [2.05, 4.69) is 36.9 Å². The number of ether oxygens (including phenoxy) is 1. The van der Waals surface area contributed by atoms with Crippen LogP contribution in [0.2, 0.25) is 5.02 Å². The number of thiophene rings is 1. The van der Waals surface area contributed by atoms with Crippen molar-refractivity contribution in [3.8, 4) is 50.5 Å². The number of aromatic nitrogens is 2. The lowest BCUT2D eigenvalue weighted by Gasteiger charge is -2.37. The summed E-state index contributed by atoms with van der Waals surface area (Å²) in [7, 11) is 1.66. The van der Waals surface area contributed by atoms with Gasteiger partial charge in [0, 0.05) is 40.7 Å². The van der Waals surface area contributed by atoms with E-state index in [1.165, 1.54) is 11.3 Å². The fraction of sp³-hybridized carbons (Fsp3) is 0.239. The number of amides is 1. The number of piperidine rings is 1. The second-order valence-electron chi connectivity index (χ2n) is 14.2. The molecule has 1 N–H and O–H groups in total. The lowest BCUT2D eigenvalue weighted by molar-refractivity contribution is -0.133. The molecule has 1 aliphatic heterocycles. The maximum atomic E-state index is 14.2. The van der Waals surface area contributed by atoms with Gasteiger partial charge < -0.3 is 24.2 Å². The highest BCUT2D eigenvalue weighted by Crippen LogP contribution is 2.45. The third kappa shape index (κ3) is 7.18. The maximum Gasteiger partial charge on any atom is 0.345 e. The molecule has 3 aromatic heterocycles. The Bertz CT molecular complexity index is 2550. The molecule has 7 aromatic rings. The molecule has 4 heterocycles. The number of hydrogen-bond acceptors (Lipinski definition) is 6. The number of carbonyl (C=O) groups excluding carboxylic acids is 1. The lowest BCUT2D eigenvalue weighted by atomic mass is 9.96. The number of carboxylic acid groups (broad SMARTS) is 1. The third-order valence-corrected chi connectivity index (χ3v) is 12.5. The van der Waals surface area contributed by atoms with E-state index in [0.29, 0.717) is 24.2 Å². The monoisotopic (exact) mass is 782 g/mol. The van der Waals surface area contributed by atoms with E-state index in [0.717, 1.165) is 97.6 Å². The molecule has 1 aliphatic rings. The normalized spacial score (nSPS) is 13.6. The number of hydrogen-bond donors (Lipinski definition) is 1. The maximum absolute atomic E-state index is 14.2. The molecular weight excluding hydrogens is 740 g/mol. The van der Waals surface area contributed by atoms with Crippen LogP contribution in [0.5, 0.6) is 5.75 Å². The molecule has 1 saturated heterocycles. The van der Waals surface area contributed by atoms with Gasteiger partial charge in [-0.2, -0.15) is 0 Å². The van der Waals surface area contributed by atoms with Gasteiger partial charge in [-0.05, 0) is 96.7 Å². The summed E-state index contributed by atoms with van der Waals surface area (Å²) in [6.07, 6.45) is 1.88. The van der Waals surface area contributed by atoms with Gasteiger partial charge in [-0.1, -0.05) is 86.1 Å². The van der Waals surface area contributed by atoms with Gasteiger partial charge in [-0.3, -0.25) is 4.79 Å². The Kier molecular flexibility index (Phi) is 10.7. The lowest BCUT2D eigenvalue weighted by Crippen LogP contribution is -2.47. The minimum absolute atomic E-state index is 0.0331. The number of halogens is 1. The zero-order valence-corrected chi connectivity index (χ0v) is 33.2. The molecule has 56 heavy (non-hydrogen) atoms. The topological polar surface area (TPSA) is 87.9 Å². The number of nitrogens with zero attached hydrogens (tertiary/aromatic N) is 4. The number of fused-ring (bicyclic) bond motifs is 2. The molecule has 8 rings (SSSR count). The summed E-state index contributed by atoms with van der Waals surface area (Å²) in [5.74, 6) is -0.213. The van der Waals surface area contributed by atoms with Crippen molar-refractivity contribution in [2.24, 2.45) is 0 Å². The Hall–Kier alpha value is -5.48. The number of likely N-dealkylation sites (tertiary alicyclic amines) is 1. The van der Waals surface area contributed by atoms with Crippen LogP contribution < -0.4 is 4.74 Å². The molecule has 0 saturated carbocycles. The van der Waals surface area contributed by atoms with E-state index >= 15 is 0 Å². The molecule has 10 heteroatoms. The molecule has 4 aromatic carbocycles. The van der Waals surface area contributed by atoms with E-state index in [-0.39, 0.29) is 17.3 Å². The van der Waals surface area contributed by atoms with Crippen molar-refractivity contribution in [1.82, 2.24) is 19.4 Å². The zero-order chi connectivity index (χ0) is 38.9. The fourth-order valence-electron chi connectivity index (χ4n) is 8.19. The van der Waals surface area contributed by atoms with E-state index in [9.17, 15) is 14.7 Å². The predicted molar refractivity (Wildman–Crippen MR) is 228 cm³/mol. The number of methoxy groups -OCH3 is 1. The van der Waals surface area contributed by atoms with Crippen LogP contribution in [-0.2, 0) is 11.3 Å². The Labute approximate surface area is 335 Å². The number of aromatic carboxylic acids is 1. The first-order valence-electron chi connectivity index (χ1n) is 19.1. The molecule has 1 fully saturated rings. The van der Waals surface area contributed by atoms with Gasteiger partial charge >= 0.3 is 5.97 Å². The SMILES string of the molecule is CCN(CC)C1CCN(C(=O)Cn2c(-c3ccc4nc(-c5cc(OC)ccc5-c5ccc(Cl)cc5)ccc4c3)c(-c3ccccc3)c3sc(C(=O)O)cc32)CC1. The predicted octanol–water partition coefficient (Wildman–Crippen LogP) is 10.6. The molecule has 0 radical (unpaired) electrons. The minimum Gasteiger partial charge on any atom is -0.497 e. The van der Waals surface area contributed by atoms with E-state index < -0.39 is 5.97 Å². The summed E-state index contributed by atoms with van der Waals surface area (Å²) in [4.78, 5) is 36.4. The molecule has 0 unspecified atom stereocenters. The second-order valence-corrected chi connectivity index (χ2v) is 15.7. The quantitative estimate of drug-likeness (QED) is 0.141. The van der Waals surface area contributed by atoms with E-state index in [1.54, 1.807) is 13.2 Å². The van der Waals surface area contributed by atoms with Crippen molar-refractivity contribution in [3.63, 3.8) is 0 Å². The number of carboxylic acids is 1. The summed E-state index contributed by atoms with van der Waals surface area (Å²) in [6.45, 7) is 7.89. The van der Waals surface area contributed by atoms with Gasteiger partial charge in [0.1, 0.15) is 17.2 Å². The third-order valence-electron chi connectivity index (χ3n) is 11.1. The average Bonchev–Trinajstić information content (AvgIpc) is 3.80. The standard InChI is InChI=1S/C46H43ClN4O4S/c1-4-49(5-2)34-21-23-50(24-22-34)42(52)28-51-40-27-41(46(53)54)56-45(40)43(30-9-7-6-8-10-30)44(51)32-14-19-38-31(25-32)13-20-39(48-38)37-26-35(55-3)17-18-36(37)29-11-15-33(47)16-12-29/h6-20,25-27,34H,4-5,21-24,28H2,1-3H3,(H,53,54). The van der Waals surface area contributed by atoms with Crippen LogP contribution in [-0.4, -0.2) is 75.7 Å². The van der Waals surface area contributed by atoms with Crippen LogP contribution >= 0.6 is 22.9 Å². The Balaban J connectivity index is 1.23. The van der Waals surface area contributed by atoms with Crippen LogP contribution in [0.15, 0.2) is 109 Å². The summed E-state index contributed by atoms with van der Waals surface area (Å²) in [6, 6.07) is 36.3. The van der Waals surface area contributed by atoms with Crippen LogP contribution in [0.3, 0.4) is 0 Å². The van der Waals surface area contributed by atoms with Crippen LogP contribution in [0.25, 0.3) is 65.9 Å². The Morgan fingerprint density at radius 3 is 2.29 bits per heavy atom. The first-order valence-corrected chi connectivity index (χ1v) is 20.3. The van der Waals surface area contributed by atoms with Crippen LogP contribution in [0.1, 0.15) is 36.4 Å². The van der Waals surface area contributed by atoms with Crippen molar-refractivity contribution in [1.29, 1.82) is 0 Å². The van der Waals surface area contributed by atoms with Gasteiger partial charge in [-0.25, -0.2) is 9.78 Å². The van der Waals surface area contributed by atoms with E-state index in [1.807, 2.05) is 94.4 Å². The molecule has 0 aliphatic carbocycles. The number of benzene rings is 4. The molecule has 0 spiro atoms. The largest absolute Gasteiger partial charge is 0.497 e. The van der Waals surface area contributed by atoms with Gasteiger partial charge in [0.05, 0.1) is 34.2 Å². The van der Waals surface area contributed by atoms with Crippen molar-refractivity contribution in [2.45, 2.75) is 39.3 Å². The zero-order valence-electron chi connectivity index (χ0n) is 31.7. The summed E-state index contributed by atoms with van der Waals surface area (Å²) >= 11 is 7.48. The Morgan fingerprint density at radius 2 is 1.59 bits per heavy atom. The fourth-order valence-corrected chi connectivity index (χ4v) is 9.38. The van der Waals surface area contributed by atoms with Gasteiger partial charge in [-0.15, -0.1) is 11.3 Å². The Morgan fingerprint density at radius 1 is 0.857 bits per heavy atom. The van der Waals surface area contributed by atoms with Crippen molar-refractivity contribution < 1.29 is 19.4 Å². The number of carbonyl (C=O) groups is 2. The second kappa shape index (κ2) is 15.9. The number of pyridine rings is 1. The molecule has 0 atom stereocenters. The van der Waals surface area contributed by atoms with Crippen molar-refractivity contribution in [3.05, 3.63) is 119 Å². The summed E-state index contributed by atoms with van der Waals surface area (Å²) in [5, 5.41) is 11.7. The highest BCUT2D eigenvalue weighted by molar-refractivity contribution is 7.21. The minimum atomic E-state index is -0.981. The first-order chi connectivity index (χ1) is 27.3.